The SMILES string of the molecule is CNC(c1cnc(-c2cc(Oc3c(F)cc4[nH]ccc4c3CC(F)F)ccc2F)[nH]1)c1cccc(CCC(=O)O)c1F. The summed E-state index contributed by atoms with van der Waals surface area (Å²) in [5.41, 5.74) is 1.11. The van der Waals surface area contributed by atoms with Gasteiger partial charge in [0, 0.05) is 47.1 Å². The number of aromatic nitrogens is 3. The highest BCUT2D eigenvalue weighted by Crippen LogP contribution is 2.37. The molecule has 42 heavy (non-hydrogen) atoms. The summed E-state index contributed by atoms with van der Waals surface area (Å²) in [6.45, 7) is 0. The fraction of sp³-hybridized carbons (Fsp3) is 0.200. The molecule has 12 heteroatoms. The van der Waals surface area contributed by atoms with E-state index in [1.165, 1.54) is 30.6 Å². The molecule has 0 aliphatic carbocycles. The third-order valence-electron chi connectivity index (χ3n) is 6.86. The van der Waals surface area contributed by atoms with Gasteiger partial charge in [0.25, 0.3) is 0 Å². The lowest BCUT2D eigenvalue weighted by Gasteiger charge is -2.17. The Hall–Kier alpha value is -4.71. The molecule has 4 N–H and O–H groups in total. The minimum absolute atomic E-state index is 0.00825. The van der Waals surface area contributed by atoms with Gasteiger partial charge in [0.05, 0.1) is 23.5 Å². The summed E-state index contributed by atoms with van der Waals surface area (Å²) < 4.78 is 77.7. The quantitative estimate of drug-likeness (QED) is 0.127. The number of rotatable bonds is 11. The first kappa shape index (κ1) is 28.8. The van der Waals surface area contributed by atoms with E-state index in [0.717, 1.165) is 12.1 Å². The van der Waals surface area contributed by atoms with E-state index in [1.54, 1.807) is 25.2 Å². The van der Waals surface area contributed by atoms with Gasteiger partial charge in [-0.2, -0.15) is 0 Å². The van der Waals surface area contributed by atoms with Gasteiger partial charge in [-0.25, -0.2) is 26.9 Å². The van der Waals surface area contributed by atoms with E-state index in [1.807, 2.05) is 0 Å². The van der Waals surface area contributed by atoms with Crippen molar-refractivity contribution in [3.05, 3.63) is 101 Å². The van der Waals surface area contributed by atoms with Crippen LogP contribution >= 0.6 is 0 Å². The molecule has 2 heterocycles. The predicted octanol–water partition coefficient (Wildman–Crippen LogP) is 6.90. The van der Waals surface area contributed by atoms with Crippen molar-refractivity contribution < 1.29 is 36.6 Å². The number of alkyl halides is 2. The molecule has 5 aromatic rings. The fourth-order valence-corrected chi connectivity index (χ4v) is 4.91. The van der Waals surface area contributed by atoms with Gasteiger partial charge in [-0.1, -0.05) is 18.2 Å². The first-order chi connectivity index (χ1) is 20.2. The van der Waals surface area contributed by atoms with E-state index in [-0.39, 0.29) is 46.7 Å². The van der Waals surface area contributed by atoms with Crippen LogP contribution in [0.15, 0.2) is 60.9 Å². The van der Waals surface area contributed by atoms with Gasteiger partial charge < -0.3 is 25.1 Å². The number of aryl methyl sites for hydroxylation is 1. The molecule has 0 fully saturated rings. The van der Waals surface area contributed by atoms with E-state index < -0.39 is 48.1 Å². The van der Waals surface area contributed by atoms with Crippen molar-refractivity contribution in [1.29, 1.82) is 0 Å². The third-order valence-corrected chi connectivity index (χ3v) is 6.86. The van der Waals surface area contributed by atoms with Crippen molar-refractivity contribution in [2.75, 3.05) is 7.05 Å². The van der Waals surface area contributed by atoms with Crippen LogP contribution in [0, 0.1) is 17.5 Å². The molecule has 5 rings (SSSR count). The van der Waals surface area contributed by atoms with Gasteiger partial charge in [-0.05, 0) is 43.3 Å². The minimum Gasteiger partial charge on any atom is -0.481 e. The number of carboxylic acids is 1. The minimum atomic E-state index is -2.76. The summed E-state index contributed by atoms with van der Waals surface area (Å²) in [5.74, 6) is -3.53. The fourth-order valence-electron chi connectivity index (χ4n) is 4.91. The standard InChI is InChI=1S/C30H25F5N4O3/c1-36-28(18-4-2-3-15(27(18)35)5-8-26(40)41)24-14-38-30(39-24)20-11-16(6-7-21(20)31)42-29-19(12-25(33)34)17-9-10-37-23(17)13-22(29)32/h2-4,6-7,9-11,13-14,25,28,36-37H,5,8,12H2,1H3,(H,38,39)(H,40,41). The normalized spacial score (nSPS) is 12.3. The molecular formula is C30H25F5N4O3. The Labute approximate surface area is 236 Å². The van der Waals surface area contributed by atoms with Crippen molar-refractivity contribution >= 4 is 16.9 Å². The van der Waals surface area contributed by atoms with Crippen molar-refractivity contribution in [2.45, 2.75) is 31.7 Å². The molecule has 0 saturated carbocycles. The highest BCUT2D eigenvalue weighted by atomic mass is 19.3. The van der Waals surface area contributed by atoms with Crippen LogP contribution in [0.1, 0.15) is 34.8 Å². The first-order valence-corrected chi connectivity index (χ1v) is 12.9. The smallest absolute Gasteiger partial charge is 0.303 e. The molecular weight excluding hydrogens is 559 g/mol. The highest BCUT2D eigenvalue weighted by Gasteiger charge is 2.23. The lowest BCUT2D eigenvalue weighted by atomic mass is 9.98. The van der Waals surface area contributed by atoms with Crippen LogP contribution in [0.5, 0.6) is 11.5 Å². The molecule has 2 aromatic heterocycles. The molecule has 0 saturated heterocycles. The largest absolute Gasteiger partial charge is 0.481 e. The van der Waals surface area contributed by atoms with Crippen molar-refractivity contribution in [1.82, 2.24) is 20.3 Å². The second-order valence-electron chi connectivity index (χ2n) is 9.57. The van der Waals surface area contributed by atoms with E-state index in [2.05, 4.69) is 20.3 Å². The summed E-state index contributed by atoms with van der Waals surface area (Å²) >= 11 is 0. The molecule has 0 aliphatic rings. The number of nitrogens with one attached hydrogen (secondary N) is 3. The molecule has 1 unspecified atom stereocenters. The van der Waals surface area contributed by atoms with Crippen molar-refractivity contribution in [3.63, 3.8) is 0 Å². The van der Waals surface area contributed by atoms with Gasteiger partial charge in [0.1, 0.15) is 23.2 Å². The molecule has 7 nitrogen and oxygen atoms in total. The molecule has 0 aliphatic heterocycles. The lowest BCUT2D eigenvalue weighted by molar-refractivity contribution is -0.136. The number of aromatic amines is 2. The van der Waals surface area contributed by atoms with Gasteiger partial charge >= 0.3 is 5.97 Å². The number of imidazole rings is 1. The Morgan fingerprint density at radius 1 is 1.10 bits per heavy atom. The van der Waals surface area contributed by atoms with Crippen LogP contribution < -0.4 is 10.1 Å². The highest BCUT2D eigenvalue weighted by molar-refractivity contribution is 5.85. The average Bonchev–Trinajstić information content (AvgIpc) is 3.62. The number of halogens is 5. The van der Waals surface area contributed by atoms with E-state index in [9.17, 15) is 22.4 Å². The van der Waals surface area contributed by atoms with Crippen LogP contribution in [0.3, 0.4) is 0 Å². The second kappa shape index (κ2) is 12.0. The van der Waals surface area contributed by atoms with Gasteiger partial charge in [0.2, 0.25) is 6.43 Å². The Balaban J connectivity index is 1.47. The monoisotopic (exact) mass is 584 g/mol. The molecule has 1 atom stereocenters. The number of nitrogens with zero attached hydrogens (tertiary/aromatic N) is 1. The van der Waals surface area contributed by atoms with E-state index >= 15 is 4.39 Å². The molecule has 0 amide bonds. The zero-order valence-electron chi connectivity index (χ0n) is 22.2. The van der Waals surface area contributed by atoms with E-state index in [4.69, 9.17) is 9.84 Å². The molecule has 218 valence electrons. The number of benzene rings is 3. The lowest BCUT2D eigenvalue weighted by Crippen LogP contribution is -2.20. The van der Waals surface area contributed by atoms with Crippen LogP contribution in [0.25, 0.3) is 22.3 Å². The Kier molecular flexibility index (Phi) is 8.25. The van der Waals surface area contributed by atoms with Gasteiger partial charge in [0.15, 0.2) is 11.6 Å². The number of aliphatic carboxylic acids is 1. The number of hydrogen-bond acceptors (Lipinski definition) is 4. The van der Waals surface area contributed by atoms with E-state index in [0.29, 0.717) is 16.6 Å². The van der Waals surface area contributed by atoms with Gasteiger partial charge in [-0.15, -0.1) is 0 Å². The second-order valence-corrected chi connectivity index (χ2v) is 9.57. The number of H-pyrrole nitrogens is 2. The Morgan fingerprint density at radius 2 is 1.90 bits per heavy atom. The number of fused-ring (bicyclic) bond motifs is 1. The Bertz CT molecular complexity index is 1750. The van der Waals surface area contributed by atoms with Crippen LogP contribution in [-0.2, 0) is 17.6 Å². The van der Waals surface area contributed by atoms with Crippen molar-refractivity contribution in [2.24, 2.45) is 0 Å². The topological polar surface area (TPSA) is 103 Å². The van der Waals surface area contributed by atoms with Gasteiger partial charge in [-0.3, -0.25) is 4.79 Å². The van der Waals surface area contributed by atoms with Crippen molar-refractivity contribution in [3.8, 4) is 22.9 Å². The van der Waals surface area contributed by atoms with Crippen LogP contribution in [0.2, 0.25) is 0 Å². The number of carboxylic acid groups (broad SMARTS) is 1. The molecule has 3 aromatic carbocycles. The first-order valence-electron chi connectivity index (χ1n) is 12.9. The number of hydrogen-bond donors (Lipinski definition) is 4. The summed E-state index contributed by atoms with van der Waals surface area (Å²) in [5, 5.41) is 12.3. The zero-order valence-corrected chi connectivity index (χ0v) is 22.2. The van der Waals surface area contributed by atoms with Crippen LogP contribution in [0.4, 0.5) is 22.0 Å². The summed E-state index contributed by atoms with van der Waals surface area (Å²) in [6.07, 6.45) is -0.842. The Morgan fingerprint density at radius 3 is 2.64 bits per heavy atom. The predicted molar refractivity (Wildman–Crippen MR) is 145 cm³/mol. The summed E-state index contributed by atoms with van der Waals surface area (Å²) in [6, 6.07) is 10.2. The molecule has 0 bridgehead atoms. The maximum atomic E-state index is 15.3. The van der Waals surface area contributed by atoms with Crippen LogP contribution in [-0.4, -0.2) is 39.5 Å². The summed E-state index contributed by atoms with van der Waals surface area (Å²) in [7, 11) is 1.59. The number of carbonyl (C=O) groups is 1. The molecule has 0 radical (unpaired) electrons. The summed E-state index contributed by atoms with van der Waals surface area (Å²) in [4.78, 5) is 21.0. The maximum Gasteiger partial charge on any atom is 0.303 e. The number of ether oxygens (including phenoxy) is 1. The third kappa shape index (κ3) is 5.84. The molecule has 0 spiro atoms. The maximum absolute atomic E-state index is 15.3. The zero-order chi connectivity index (χ0) is 30.0. The average molecular weight is 585 g/mol.